The maximum atomic E-state index is 12.0. The molecule has 0 aromatic rings. The molecule has 2 bridgehead atoms. The smallest absolute Gasteiger partial charge is 0.241 e. The predicted molar refractivity (Wildman–Crippen MR) is 55.6 cm³/mol. The molecule has 3 aliphatic rings. The second kappa shape index (κ2) is 3.21. The highest BCUT2D eigenvalue weighted by atomic mass is 16.2. The number of rotatable bonds is 2. The van der Waals surface area contributed by atoms with Crippen molar-refractivity contribution in [1.29, 1.82) is 5.26 Å². The van der Waals surface area contributed by atoms with E-state index in [1.165, 1.54) is 0 Å². The summed E-state index contributed by atoms with van der Waals surface area (Å²) >= 11 is 0. The molecule has 1 amide bonds. The van der Waals surface area contributed by atoms with Gasteiger partial charge in [0.2, 0.25) is 5.91 Å². The minimum Gasteiger partial charge on any atom is -0.322 e. The second-order valence-corrected chi connectivity index (χ2v) is 5.14. The first-order valence-corrected chi connectivity index (χ1v) is 5.48. The normalized spacial score (nSPS) is 34.9. The molecule has 1 atom stereocenters. The third-order valence-electron chi connectivity index (χ3n) is 3.69. The molecule has 3 fully saturated rings. The van der Waals surface area contributed by atoms with Crippen LogP contribution in [0.15, 0.2) is 0 Å². The summed E-state index contributed by atoms with van der Waals surface area (Å²) in [7, 11) is 0. The Morgan fingerprint density at radius 2 is 2.20 bits per heavy atom. The molecular formula is C11H17N3O. The first-order chi connectivity index (χ1) is 7.00. The fourth-order valence-electron chi connectivity index (χ4n) is 2.60. The minimum atomic E-state index is -0.506. The van der Waals surface area contributed by atoms with Crippen molar-refractivity contribution in [2.24, 2.45) is 17.6 Å². The molecule has 2 heterocycles. The largest absolute Gasteiger partial charge is 0.322 e. The summed E-state index contributed by atoms with van der Waals surface area (Å²) in [5.41, 5.74) is 5.33. The highest BCUT2D eigenvalue weighted by Crippen LogP contribution is 2.50. The number of carbonyl (C=O) groups is 1. The summed E-state index contributed by atoms with van der Waals surface area (Å²) in [6.07, 6.45) is 1.69. The lowest BCUT2D eigenvalue weighted by Crippen LogP contribution is -2.53. The molecule has 2 N–H and O–H groups in total. The molecule has 2 aliphatic heterocycles. The van der Waals surface area contributed by atoms with Crippen LogP contribution < -0.4 is 5.73 Å². The fraction of sp³-hybridized carbons (Fsp3) is 0.818. The Morgan fingerprint density at radius 3 is 2.67 bits per heavy atom. The number of hydrogen-bond donors (Lipinski definition) is 1. The fourth-order valence-corrected chi connectivity index (χ4v) is 2.60. The molecule has 2 saturated heterocycles. The lowest BCUT2D eigenvalue weighted by Gasteiger charge is -2.36. The van der Waals surface area contributed by atoms with E-state index >= 15 is 0 Å². The maximum absolute atomic E-state index is 12.0. The first kappa shape index (κ1) is 10.4. The summed E-state index contributed by atoms with van der Waals surface area (Å²) in [4.78, 5) is 13.7. The second-order valence-electron chi connectivity index (χ2n) is 5.14. The zero-order chi connectivity index (χ0) is 11.2. The summed E-state index contributed by atoms with van der Waals surface area (Å²) in [5, 5.41) is 9.12. The lowest BCUT2D eigenvalue weighted by molar-refractivity contribution is -0.135. The van der Waals surface area contributed by atoms with Gasteiger partial charge in [-0.15, -0.1) is 0 Å². The van der Waals surface area contributed by atoms with Crippen molar-refractivity contribution in [2.45, 2.75) is 38.3 Å². The molecule has 0 aromatic heterocycles. The van der Waals surface area contributed by atoms with E-state index in [9.17, 15) is 4.79 Å². The summed E-state index contributed by atoms with van der Waals surface area (Å²) in [6.45, 7) is 4.59. The topological polar surface area (TPSA) is 70.1 Å². The average Bonchev–Trinajstić information content (AvgIpc) is 2.68. The van der Waals surface area contributed by atoms with E-state index in [1.54, 1.807) is 4.90 Å². The zero-order valence-electron chi connectivity index (χ0n) is 9.23. The Hall–Kier alpha value is -1.08. The molecular weight excluding hydrogens is 190 g/mol. The molecule has 1 aliphatic carbocycles. The van der Waals surface area contributed by atoms with E-state index in [2.05, 4.69) is 6.07 Å². The SMILES string of the molecule is CC(C)C(N)C(=O)N1CC2CC1(C#N)C2. The van der Waals surface area contributed by atoms with Gasteiger partial charge >= 0.3 is 0 Å². The molecule has 82 valence electrons. The third kappa shape index (κ3) is 1.34. The van der Waals surface area contributed by atoms with Crippen LogP contribution in [0.3, 0.4) is 0 Å². The zero-order valence-corrected chi connectivity index (χ0v) is 9.23. The summed E-state index contributed by atoms with van der Waals surface area (Å²) < 4.78 is 0. The van der Waals surface area contributed by atoms with Crippen molar-refractivity contribution in [3.05, 3.63) is 0 Å². The van der Waals surface area contributed by atoms with Gasteiger partial charge in [-0.2, -0.15) is 5.26 Å². The van der Waals surface area contributed by atoms with Gasteiger partial charge in [0.15, 0.2) is 0 Å². The standard InChI is InChI=1S/C11H17N3O/c1-7(2)9(13)10(15)14-5-8-3-11(14,4-8)6-12/h7-9H,3-5,13H2,1-2H3. The van der Waals surface area contributed by atoms with Gasteiger partial charge in [-0.25, -0.2) is 0 Å². The molecule has 15 heavy (non-hydrogen) atoms. The van der Waals surface area contributed by atoms with Crippen molar-refractivity contribution < 1.29 is 4.79 Å². The Morgan fingerprint density at radius 1 is 1.60 bits per heavy atom. The van der Waals surface area contributed by atoms with Crippen molar-refractivity contribution in [1.82, 2.24) is 4.90 Å². The van der Waals surface area contributed by atoms with Gasteiger partial charge < -0.3 is 10.6 Å². The Kier molecular flexibility index (Phi) is 2.23. The van der Waals surface area contributed by atoms with Crippen LogP contribution in [0.4, 0.5) is 0 Å². The minimum absolute atomic E-state index is 0.0495. The van der Waals surface area contributed by atoms with E-state index in [1.807, 2.05) is 13.8 Å². The molecule has 1 unspecified atom stereocenters. The Balaban J connectivity index is 2.13. The first-order valence-electron chi connectivity index (χ1n) is 5.48. The van der Waals surface area contributed by atoms with Gasteiger partial charge in [-0.05, 0) is 24.7 Å². The van der Waals surface area contributed by atoms with Crippen molar-refractivity contribution in [3.8, 4) is 6.07 Å². The number of carbonyl (C=O) groups excluding carboxylic acids is 1. The van der Waals surface area contributed by atoms with E-state index in [0.29, 0.717) is 5.92 Å². The highest BCUT2D eigenvalue weighted by molar-refractivity contribution is 5.84. The molecule has 1 saturated carbocycles. The van der Waals surface area contributed by atoms with Gasteiger partial charge in [0.25, 0.3) is 0 Å². The number of amides is 1. The number of hydrogen-bond acceptors (Lipinski definition) is 3. The van der Waals surface area contributed by atoms with Crippen molar-refractivity contribution in [2.75, 3.05) is 6.54 Å². The van der Waals surface area contributed by atoms with Crippen LogP contribution >= 0.6 is 0 Å². The Bertz CT molecular complexity index is 325. The highest BCUT2D eigenvalue weighted by Gasteiger charge is 2.58. The number of fused-ring (bicyclic) bond motifs is 1. The average molecular weight is 207 g/mol. The monoisotopic (exact) mass is 207 g/mol. The van der Waals surface area contributed by atoms with Gasteiger partial charge in [-0.1, -0.05) is 13.8 Å². The number of nitrogens with two attached hydrogens (primary N) is 1. The van der Waals surface area contributed by atoms with E-state index < -0.39 is 11.6 Å². The van der Waals surface area contributed by atoms with Crippen LogP contribution in [-0.4, -0.2) is 28.9 Å². The molecule has 3 rings (SSSR count). The quantitative estimate of drug-likeness (QED) is 0.716. The maximum Gasteiger partial charge on any atom is 0.241 e. The van der Waals surface area contributed by atoms with Crippen LogP contribution in [0.25, 0.3) is 0 Å². The summed E-state index contributed by atoms with van der Waals surface area (Å²) in [5.74, 6) is 0.616. The molecule has 0 radical (unpaired) electrons. The van der Waals surface area contributed by atoms with E-state index in [0.717, 1.165) is 19.4 Å². The number of nitrogens with zero attached hydrogens (tertiary/aromatic N) is 2. The van der Waals surface area contributed by atoms with Crippen LogP contribution in [0, 0.1) is 23.2 Å². The predicted octanol–water partition coefficient (Wildman–Crippen LogP) is 0.484. The van der Waals surface area contributed by atoms with Crippen molar-refractivity contribution >= 4 is 5.91 Å². The summed E-state index contributed by atoms with van der Waals surface area (Å²) in [6, 6.07) is 1.82. The molecule has 4 heteroatoms. The van der Waals surface area contributed by atoms with Crippen LogP contribution in [0.2, 0.25) is 0 Å². The van der Waals surface area contributed by atoms with Gasteiger partial charge in [0.05, 0.1) is 12.1 Å². The Labute approximate surface area is 90.0 Å². The molecule has 0 spiro atoms. The third-order valence-corrected chi connectivity index (χ3v) is 3.69. The van der Waals surface area contributed by atoms with Crippen molar-refractivity contribution in [3.63, 3.8) is 0 Å². The molecule has 0 aromatic carbocycles. The van der Waals surface area contributed by atoms with E-state index in [-0.39, 0.29) is 11.8 Å². The molecule has 4 nitrogen and oxygen atoms in total. The van der Waals surface area contributed by atoms with Gasteiger partial charge in [-0.3, -0.25) is 4.79 Å². The van der Waals surface area contributed by atoms with Gasteiger partial charge in [0, 0.05) is 6.54 Å². The van der Waals surface area contributed by atoms with Gasteiger partial charge in [0.1, 0.15) is 5.54 Å². The van der Waals surface area contributed by atoms with E-state index in [4.69, 9.17) is 11.0 Å². The van der Waals surface area contributed by atoms with Crippen LogP contribution in [0.5, 0.6) is 0 Å². The van der Waals surface area contributed by atoms with Crippen LogP contribution in [0.1, 0.15) is 26.7 Å². The lowest BCUT2D eigenvalue weighted by atomic mass is 9.74. The van der Waals surface area contributed by atoms with Crippen LogP contribution in [-0.2, 0) is 4.79 Å². The number of nitriles is 1.